The molecule has 13 heteroatoms. The second kappa shape index (κ2) is 12.3. The van der Waals surface area contributed by atoms with Crippen molar-refractivity contribution in [1.82, 2.24) is 4.90 Å². The SMILES string of the molecule is CCOc1cc(/C=C2/SC(=O)N(Cc3ccccc3[N+](=O)[O-])C2=O)cc(I)c1OCc1ccc([N+](=O)[O-])cc1. The monoisotopic (exact) mass is 661 g/mol. The van der Waals surface area contributed by atoms with Crippen molar-refractivity contribution in [3.8, 4) is 11.5 Å². The molecule has 200 valence electrons. The van der Waals surface area contributed by atoms with Gasteiger partial charge in [0.05, 0.1) is 31.5 Å². The Morgan fingerprint density at radius 1 is 1.00 bits per heavy atom. The molecular formula is C26H20IN3O8S. The number of hydrogen-bond acceptors (Lipinski definition) is 9. The van der Waals surface area contributed by atoms with E-state index in [0.717, 1.165) is 22.2 Å². The number of nitro benzene ring substituents is 2. The fourth-order valence-electron chi connectivity index (χ4n) is 3.72. The van der Waals surface area contributed by atoms with E-state index < -0.39 is 21.0 Å². The van der Waals surface area contributed by atoms with Gasteiger partial charge in [-0.15, -0.1) is 0 Å². The van der Waals surface area contributed by atoms with E-state index in [1.807, 2.05) is 6.92 Å². The third kappa shape index (κ3) is 6.54. The summed E-state index contributed by atoms with van der Waals surface area (Å²) in [6.45, 7) is 2.10. The van der Waals surface area contributed by atoms with Crippen molar-refractivity contribution in [2.24, 2.45) is 0 Å². The van der Waals surface area contributed by atoms with Gasteiger partial charge in [-0.1, -0.05) is 18.2 Å². The van der Waals surface area contributed by atoms with Crippen LogP contribution in [0.3, 0.4) is 0 Å². The van der Waals surface area contributed by atoms with Gasteiger partial charge in [0.15, 0.2) is 11.5 Å². The van der Waals surface area contributed by atoms with Crippen LogP contribution in [0.25, 0.3) is 6.08 Å². The number of amides is 2. The number of halogens is 1. The molecule has 1 aliphatic heterocycles. The number of benzene rings is 3. The quantitative estimate of drug-likeness (QED) is 0.106. The molecule has 0 aromatic heterocycles. The van der Waals surface area contributed by atoms with Crippen molar-refractivity contribution >= 4 is 62.9 Å². The van der Waals surface area contributed by atoms with E-state index in [-0.39, 0.29) is 35.0 Å². The minimum atomic E-state index is -0.549. The molecule has 1 fully saturated rings. The minimum Gasteiger partial charge on any atom is -0.490 e. The standard InChI is InChI=1S/C26H20IN3O8S/c1-2-37-22-12-17(11-20(27)24(22)38-15-16-7-9-19(10-8-16)29(33)34)13-23-25(31)28(26(32)39-23)14-18-5-3-4-6-21(18)30(35)36/h3-13H,2,14-15H2,1H3/b23-13+. The van der Waals surface area contributed by atoms with E-state index >= 15 is 0 Å². The van der Waals surface area contributed by atoms with Crippen molar-refractivity contribution in [2.75, 3.05) is 6.61 Å². The number of thioether (sulfide) groups is 1. The lowest BCUT2D eigenvalue weighted by Crippen LogP contribution is -2.27. The Bertz CT molecular complexity index is 1490. The van der Waals surface area contributed by atoms with Crippen molar-refractivity contribution in [3.63, 3.8) is 0 Å². The molecule has 0 saturated carbocycles. The van der Waals surface area contributed by atoms with E-state index in [9.17, 15) is 29.8 Å². The summed E-state index contributed by atoms with van der Waals surface area (Å²) in [4.78, 5) is 48.0. The Labute approximate surface area is 240 Å². The molecule has 3 aromatic carbocycles. The van der Waals surface area contributed by atoms with Crippen molar-refractivity contribution < 1.29 is 28.9 Å². The topological polar surface area (TPSA) is 142 Å². The van der Waals surface area contributed by atoms with E-state index in [4.69, 9.17) is 9.47 Å². The number of para-hydroxylation sites is 1. The third-order valence-corrected chi connectivity index (χ3v) is 7.26. The molecule has 3 aromatic rings. The van der Waals surface area contributed by atoms with Crippen molar-refractivity contribution in [2.45, 2.75) is 20.1 Å². The van der Waals surface area contributed by atoms with E-state index in [2.05, 4.69) is 22.6 Å². The molecule has 39 heavy (non-hydrogen) atoms. The fraction of sp³-hybridized carbons (Fsp3) is 0.154. The van der Waals surface area contributed by atoms with Crippen LogP contribution in [0, 0.1) is 23.8 Å². The molecule has 2 amide bonds. The summed E-state index contributed by atoms with van der Waals surface area (Å²) < 4.78 is 12.4. The normalized spacial score (nSPS) is 14.1. The number of ether oxygens (including phenoxy) is 2. The average Bonchev–Trinajstić information content (AvgIpc) is 3.16. The van der Waals surface area contributed by atoms with E-state index in [0.29, 0.717) is 27.2 Å². The Morgan fingerprint density at radius 2 is 1.72 bits per heavy atom. The smallest absolute Gasteiger partial charge is 0.293 e. The zero-order chi connectivity index (χ0) is 28.1. The molecule has 0 spiro atoms. The molecule has 0 atom stereocenters. The predicted octanol–water partition coefficient (Wildman–Crippen LogP) is 6.32. The summed E-state index contributed by atoms with van der Waals surface area (Å²) in [6.07, 6.45) is 1.56. The lowest BCUT2D eigenvalue weighted by atomic mass is 10.1. The van der Waals surface area contributed by atoms with Crippen LogP contribution in [0.1, 0.15) is 23.6 Å². The summed E-state index contributed by atoms with van der Waals surface area (Å²) in [5, 5.41) is 21.7. The van der Waals surface area contributed by atoms with Crippen LogP contribution in [0.2, 0.25) is 0 Å². The Hall–Kier alpha value is -3.98. The largest absolute Gasteiger partial charge is 0.490 e. The molecule has 4 rings (SSSR count). The van der Waals surface area contributed by atoms with E-state index in [1.165, 1.54) is 30.3 Å². The molecule has 1 aliphatic rings. The molecule has 0 N–H and O–H groups in total. The first kappa shape index (κ1) is 28.0. The highest BCUT2D eigenvalue weighted by atomic mass is 127. The summed E-state index contributed by atoms with van der Waals surface area (Å²) >= 11 is 2.83. The zero-order valence-corrected chi connectivity index (χ0v) is 23.3. The van der Waals surface area contributed by atoms with Crippen LogP contribution >= 0.6 is 34.4 Å². The molecule has 0 unspecified atom stereocenters. The van der Waals surface area contributed by atoms with Crippen LogP contribution < -0.4 is 9.47 Å². The molecule has 0 bridgehead atoms. The van der Waals surface area contributed by atoms with Gasteiger partial charge in [0.1, 0.15) is 6.61 Å². The number of hydrogen-bond donors (Lipinski definition) is 0. The van der Waals surface area contributed by atoms with Gasteiger partial charge in [-0.3, -0.25) is 34.7 Å². The van der Waals surface area contributed by atoms with Crippen LogP contribution in [0.5, 0.6) is 11.5 Å². The number of nitrogens with zero attached hydrogens (tertiary/aromatic N) is 3. The predicted molar refractivity (Wildman–Crippen MR) is 152 cm³/mol. The van der Waals surface area contributed by atoms with Crippen molar-refractivity contribution in [1.29, 1.82) is 0 Å². The third-order valence-electron chi connectivity index (χ3n) is 5.55. The van der Waals surface area contributed by atoms with Gasteiger partial charge in [0.2, 0.25) is 0 Å². The summed E-state index contributed by atoms with van der Waals surface area (Å²) in [5.74, 6) is 0.351. The van der Waals surface area contributed by atoms with Crippen LogP contribution in [0.15, 0.2) is 65.6 Å². The lowest BCUT2D eigenvalue weighted by Gasteiger charge is -2.15. The molecule has 0 aliphatic carbocycles. The Kier molecular flexibility index (Phi) is 8.81. The fourth-order valence-corrected chi connectivity index (χ4v) is 5.34. The van der Waals surface area contributed by atoms with Gasteiger partial charge >= 0.3 is 0 Å². The highest BCUT2D eigenvalue weighted by Gasteiger charge is 2.36. The maximum Gasteiger partial charge on any atom is 0.293 e. The van der Waals surface area contributed by atoms with Crippen molar-refractivity contribution in [3.05, 3.63) is 106 Å². The zero-order valence-electron chi connectivity index (χ0n) is 20.4. The van der Waals surface area contributed by atoms with Gasteiger partial charge in [0, 0.05) is 23.8 Å². The summed E-state index contributed by atoms with van der Waals surface area (Å²) in [6, 6.07) is 15.4. The van der Waals surface area contributed by atoms with Gasteiger partial charge in [-0.05, 0) is 82.7 Å². The van der Waals surface area contributed by atoms with E-state index in [1.54, 1.807) is 36.4 Å². The number of rotatable bonds is 10. The number of nitro groups is 2. The van der Waals surface area contributed by atoms with Crippen LogP contribution in [-0.4, -0.2) is 32.5 Å². The second-order valence-electron chi connectivity index (χ2n) is 8.13. The number of imide groups is 1. The first-order valence-electron chi connectivity index (χ1n) is 11.5. The van der Waals surface area contributed by atoms with Gasteiger partial charge < -0.3 is 9.47 Å². The first-order chi connectivity index (χ1) is 18.7. The number of carbonyl (C=O) groups is 2. The Morgan fingerprint density at radius 3 is 2.38 bits per heavy atom. The molecule has 0 radical (unpaired) electrons. The van der Waals surface area contributed by atoms with Crippen LogP contribution in [0.4, 0.5) is 16.2 Å². The molecule has 1 heterocycles. The number of carbonyl (C=O) groups excluding carboxylic acids is 2. The molecular weight excluding hydrogens is 641 g/mol. The highest BCUT2D eigenvalue weighted by Crippen LogP contribution is 2.38. The van der Waals surface area contributed by atoms with Crippen LogP contribution in [-0.2, 0) is 17.9 Å². The molecule has 11 nitrogen and oxygen atoms in total. The summed E-state index contributed by atoms with van der Waals surface area (Å²) in [5.41, 5.74) is 1.41. The van der Waals surface area contributed by atoms with Gasteiger partial charge in [-0.25, -0.2) is 0 Å². The summed E-state index contributed by atoms with van der Waals surface area (Å²) in [7, 11) is 0. The maximum atomic E-state index is 13.0. The number of non-ortho nitro benzene ring substituents is 1. The Balaban J connectivity index is 1.55. The van der Waals surface area contributed by atoms with Gasteiger partial charge in [0.25, 0.3) is 22.5 Å². The average molecular weight is 661 g/mol. The van der Waals surface area contributed by atoms with Gasteiger partial charge in [-0.2, -0.15) is 0 Å². The maximum absolute atomic E-state index is 13.0. The lowest BCUT2D eigenvalue weighted by molar-refractivity contribution is -0.385. The second-order valence-corrected chi connectivity index (χ2v) is 10.3. The molecule has 1 saturated heterocycles. The first-order valence-corrected chi connectivity index (χ1v) is 13.4. The highest BCUT2D eigenvalue weighted by molar-refractivity contribution is 14.1. The minimum absolute atomic E-state index is 0.0147.